The van der Waals surface area contributed by atoms with Gasteiger partial charge in [-0.3, -0.25) is 4.79 Å². The maximum atomic E-state index is 13.1. The number of fused-ring (bicyclic) bond motifs is 1. The van der Waals surface area contributed by atoms with Crippen molar-refractivity contribution in [3.8, 4) is 0 Å². The number of carbonyl (C=O) groups is 2. The molecule has 0 aliphatic carbocycles. The van der Waals surface area contributed by atoms with E-state index in [-0.39, 0.29) is 5.91 Å². The van der Waals surface area contributed by atoms with Crippen molar-refractivity contribution in [3.63, 3.8) is 0 Å². The highest BCUT2D eigenvalue weighted by atomic mass is 16.4. The third-order valence-corrected chi connectivity index (χ3v) is 5.63. The summed E-state index contributed by atoms with van der Waals surface area (Å²) in [4.78, 5) is 28.7. The number of carbonyl (C=O) groups excluding carboxylic acids is 1. The molecule has 5 heteroatoms. The SMILES string of the molecule is O=C(O)[C@@H]1Cc2ccccc2CN1C(=O)c1ccc(N2CCCCC2)cc1. The number of piperidine rings is 1. The van der Waals surface area contributed by atoms with Crippen LogP contribution in [0.25, 0.3) is 0 Å². The number of carboxylic acids is 1. The normalized spacial score (nSPS) is 19.5. The Balaban J connectivity index is 1.56. The van der Waals surface area contributed by atoms with Crippen LogP contribution in [0.1, 0.15) is 40.7 Å². The van der Waals surface area contributed by atoms with E-state index in [0.29, 0.717) is 18.5 Å². The van der Waals surface area contributed by atoms with E-state index in [1.807, 2.05) is 48.5 Å². The summed E-state index contributed by atoms with van der Waals surface area (Å²) in [7, 11) is 0. The molecule has 4 rings (SSSR count). The first-order valence-electron chi connectivity index (χ1n) is 9.59. The van der Waals surface area contributed by atoms with Crippen LogP contribution in [0.5, 0.6) is 0 Å². The second-order valence-corrected chi connectivity index (χ2v) is 7.35. The molecule has 27 heavy (non-hydrogen) atoms. The molecule has 0 spiro atoms. The molecule has 2 aromatic carbocycles. The quantitative estimate of drug-likeness (QED) is 0.908. The summed E-state index contributed by atoms with van der Waals surface area (Å²) in [5, 5.41) is 9.64. The van der Waals surface area contributed by atoms with Gasteiger partial charge in [-0.15, -0.1) is 0 Å². The van der Waals surface area contributed by atoms with Gasteiger partial charge in [-0.1, -0.05) is 24.3 Å². The second-order valence-electron chi connectivity index (χ2n) is 7.35. The maximum Gasteiger partial charge on any atom is 0.326 e. The Labute approximate surface area is 159 Å². The molecule has 0 saturated carbocycles. The Hall–Kier alpha value is -2.82. The van der Waals surface area contributed by atoms with E-state index >= 15 is 0 Å². The van der Waals surface area contributed by atoms with Gasteiger partial charge in [-0.2, -0.15) is 0 Å². The van der Waals surface area contributed by atoms with Gasteiger partial charge in [-0.25, -0.2) is 4.79 Å². The van der Waals surface area contributed by atoms with E-state index in [1.165, 1.54) is 24.2 Å². The molecule has 140 valence electrons. The van der Waals surface area contributed by atoms with Gasteiger partial charge in [-0.05, 0) is 54.7 Å². The molecule has 1 amide bonds. The van der Waals surface area contributed by atoms with Crippen molar-refractivity contribution in [1.29, 1.82) is 0 Å². The summed E-state index contributed by atoms with van der Waals surface area (Å²) in [5.41, 5.74) is 3.70. The fraction of sp³-hybridized carbons (Fsp3) is 0.364. The first-order valence-corrected chi connectivity index (χ1v) is 9.59. The maximum absolute atomic E-state index is 13.1. The molecule has 1 fully saturated rings. The minimum absolute atomic E-state index is 0.220. The van der Waals surface area contributed by atoms with E-state index in [1.54, 1.807) is 0 Å². The minimum atomic E-state index is -0.956. The lowest BCUT2D eigenvalue weighted by atomic mass is 9.93. The molecule has 1 N–H and O–H groups in total. The summed E-state index contributed by atoms with van der Waals surface area (Å²) < 4.78 is 0. The number of rotatable bonds is 3. The van der Waals surface area contributed by atoms with E-state index in [9.17, 15) is 14.7 Å². The Morgan fingerprint density at radius 3 is 2.22 bits per heavy atom. The Morgan fingerprint density at radius 2 is 1.56 bits per heavy atom. The lowest BCUT2D eigenvalue weighted by molar-refractivity contribution is -0.142. The lowest BCUT2D eigenvalue weighted by Crippen LogP contribution is -2.48. The smallest absolute Gasteiger partial charge is 0.326 e. The third-order valence-electron chi connectivity index (χ3n) is 5.63. The first-order chi connectivity index (χ1) is 13.1. The zero-order chi connectivity index (χ0) is 18.8. The summed E-state index contributed by atoms with van der Waals surface area (Å²) in [5.74, 6) is -1.18. The molecule has 1 atom stereocenters. The highest BCUT2D eigenvalue weighted by Crippen LogP contribution is 2.26. The number of nitrogens with zero attached hydrogens (tertiary/aromatic N) is 2. The first kappa shape index (κ1) is 17.6. The van der Waals surface area contributed by atoms with Gasteiger partial charge < -0.3 is 14.9 Å². The highest BCUT2D eigenvalue weighted by Gasteiger charge is 2.34. The van der Waals surface area contributed by atoms with Gasteiger partial charge in [0.25, 0.3) is 5.91 Å². The zero-order valence-electron chi connectivity index (χ0n) is 15.3. The molecule has 2 heterocycles. The standard InChI is InChI=1S/C22H24N2O3/c25-21(16-8-10-19(11-9-16)23-12-4-1-5-13-23)24-15-18-7-3-2-6-17(18)14-20(24)22(26)27/h2-3,6-11,20H,1,4-5,12-15H2,(H,26,27)/t20-/m0/s1. The molecule has 0 bridgehead atoms. The number of anilines is 1. The largest absolute Gasteiger partial charge is 0.480 e. The van der Waals surface area contributed by atoms with E-state index < -0.39 is 12.0 Å². The van der Waals surface area contributed by atoms with E-state index in [4.69, 9.17) is 0 Å². The minimum Gasteiger partial charge on any atom is -0.480 e. The molecule has 0 radical (unpaired) electrons. The topological polar surface area (TPSA) is 60.9 Å². The van der Waals surface area contributed by atoms with Crippen molar-refractivity contribution in [2.45, 2.75) is 38.3 Å². The van der Waals surface area contributed by atoms with Crippen molar-refractivity contribution in [1.82, 2.24) is 4.90 Å². The number of amides is 1. The van der Waals surface area contributed by atoms with E-state index in [2.05, 4.69) is 4.90 Å². The molecule has 1 saturated heterocycles. The summed E-state index contributed by atoms with van der Waals surface area (Å²) in [6.07, 6.45) is 4.03. The van der Waals surface area contributed by atoms with Crippen LogP contribution in [-0.2, 0) is 17.8 Å². The van der Waals surface area contributed by atoms with Crippen LogP contribution < -0.4 is 4.90 Å². The van der Waals surface area contributed by atoms with Gasteiger partial charge in [0.15, 0.2) is 0 Å². The van der Waals surface area contributed by atoms with Crippen LogP contribution in [0.15, 0.2) is 48.5 Å². The van der Waals surface area contributed by atoms with E-state index in [0.717, 1.165) is 29.9 Å². The van der Waals surface area contributed by atoms with Gasteiger partial charge in [0.2, 0.25) is 0 Å². The molecular formula is C22H24N2O3. The Morgan fingerprint density at radius 1 is 0.889 bits per heavy atom. The second kappa shape index (κ2) is 7.43. The number of aliphatic carboxylic acids is 1. The molecule has 2 aromatic rings. The molecular weight excluding hydrogens is 340 g/mol. The predicted octanol–water partition coefficient (Wildman–Crippen LogP) is 3.33. The van der Waals surface area contributed by atoms with Crippen molar-refractivity contribution in [2.24, 2.45) is 0 Å². The molecule has 5 nitrogen and oxygen atoms in total. The summed E-state index contributed by atoms with van der Waals surface area (Å²) in [6.45, 7) is 2.44. The highest BCUT2D eigenvalue weighted by molar-refractivity contribution is 5.97. The van der Waals surface area contributed by atoms with Gasteiger partial charge >= 0.3 is 5.97 Å². The average molecular weight is 364 g/mol. The monoisotopic (exact) mass is 364 g/mol. The van der Waals surface area contributed by atoms with Crippen LogP contribution in [-0.4, -0.2) is 41.0 Å². The Bertz CT molecular complexity index is 841. The van der Waals surface area contributed by atoms with Crippen LogP contribution in [0.4, 0.5) is 5.69 Å². The van der Waals surface area contributed by atoms with Crippen molar-refractivity contribution in [3.05, 3.63) is 65.2 Å². The van der Waals surface area contributed by atoms with Gasteiger partial charge in [0.05, 0.1) is 0 Å². The van der Waals surface area contributed by atoms with Crippen molar-refractivity contribution in [2.75, 3.05) is 18.0 Å². The van der Waals surface area contributed by atoms with Crippen LogP contribution in [0, 0.1) is 0 Å². The number of carboxylic acid groups (broad SMARTS) is 1. The molecule has 2 aliphatic heterocycles. The number of hydrogen-bond donors (Lipinski definition) is 1. The Kier molecular flexibility index (Phi) is 4.84. The fourth-order valence-electron chi connectivity index (χ4n) is 4.09. The predicted molar refractivity (Wildman–Crippen MR) is 104 cm³/mol. The van der Waals surface area contributed by atoms with Gasteiger partial charge in [0.1, 0.15) is 6.04 Å². The fourth-order valence-corrected chi connectivity index (χ4v) is 4.09. The van der Waals surface area contributed by atoms with Crippen LogP contribution in [0.3, 0.4) is 0 Å². The van der Waals surface area contributed by atoms with Crippen molar-refractivity contribution < 1.29 is 14.7 Å². The molecule has 0 unspecified atom stereocenters. The number of benzene rings is 2. The van der Waals surface area contributed by atoms with Gasteiger partial charge in [0, 0.05) is 37.3 Å². The van der Waals surface area contributed by atoms with Crippen LogP contribution in [0.2, 0.25) is 0 Å². The zero-order valence-corrected chi connectivity index (χ0v) is 15.3. The summed E-state index contributed by atoms with van der Waals surface area (Å²) >= 11 is 0. The number of hydrogen-bond acceptors (Lipinski definition) is 3. The lowest BCUT2D eigenvalue weighted by Gasteiger charge is -2.34. The van der Waals surface area contributed by atoms with Crippen molar-refractivity contribution >= 4 is 17.6 Å². The average Bonchev–Trinajstić information content (AvgIpc) is 2.73. The third kappa shape index (κ3) is 3.54. The molecule has 0 aromatic heterocycles. The molecule has 2 aliphatic rings. The summed E-state index contributed by atoms with van der Waals surface area (Å²) in [6, 6.07) is 14.5. The van der Waals surface area contributed by atoms with Crippen LogP contribution >= 0.6 is 0 Å².